The molecule has 0 bridgehead atoms. The number of ether oxygens (including phenoxy) is 3. The number of allylic oxidation sites excluding steroid dienone is 1. The van der Waals surface area contributed by atoms with Gasteiger partial charge >= 0.3 is 5.97 Å². The third-order valence-corrected chi connectivity index (χ3v) is 8.40. The van der Waals surface area contributed by atoms with Crippen LogP contribution in [0, 0.1) is 0 Å². The highest BCUT2D eigenvalue weighted by molar-refractivity contribution is 7.07. The molecule has 0 spiro atoms. The van der Waals surface area contributed by atoms with Crippen LogP contribution in [0.5, 0.6) is 11.5 Å². The Bertz CT molecular complexity index is 2090. The van der Waals surface area contributed by atoms with Crippen LogP contribution in [0.25, 0.3) is 23.0 Å². The van der Waals surface area contributed by atoms with Gasteiger partial charge in [0.2, 0.25) is 0 Å². The molecule has 226 valence electrons. The van der Waals surface area contributed by atoms with Gasteiger partial charge < -0.3 is 14.2 Å². The second-order valence-corrected chi connectivity index (χ2v) is 11.2. The summed E-state index contributed by atoms with van der Waals surface area (Å²) in [5.41, 5.74) is 4.40. The van der Waals surface area contributed by atoms with Gasteiger partial charge in [-0.1, -0.05) is 54.3 Å². The van der Waals surface area contributed by atoms with Crippen LogP contribution in [-0.4, -0.2) is 41.1 Å². The van der Waals surface area contributed by atoms with Crippen LogP contribution in [0.2, 0.25) is 0 Å². The summed E-state index contributed by atoms with van der Waals surface area (Å²) in [4.78, 5) is 32.7. The molecule has 0 fully saturated rings. The number of aromatic nitrogens is 3. The van der Waals surface area contributed by atoms with Crippen LogP contribution in [0.3, 0.4) is 0 Å². The predicted octanol–water partition coefficient (Wildman–Crippen LogP) is 4.83. The smallest absolute Gasteiger partial charge is 0.338 e. The van der Waals surface area contributed by atoms with Gasteiger partial charge in [0.15, 0.2) is 4.80 Å². The van der Waals surface area contributed by atoms with Gasteiger partial charge in [0.05, 0.1) is 41.8 Å². The Hall–Kier alpha value is -5.48. The zero-order valence-corrected chi connectivity index (χ0v) is 25.8. The van der Waals surface area contributed by atoms with Gasteiger partial charge in [-0.15, -0.1) is 0 Å². The van der Waals surface area contributed by atoms with E-state index in [1.165, 1.54) is 17.4 Å². The highest BCUT2D eigenvalue weighted by Gasteiger charge is 2.33. The van der Waals surface area contributed by atoms with Crippen LogP contribution in [0.15, 0.2) is 119 Å². The lowest BCUT2D eigenvalue weighted by molar-refractivity contribution is -0.138. The van der Waals surface area contributed by atoms with Gasteiger partial charge in [-0.2, -0.15) is 5.10 Å². The Morgan fingerprint density at radius 3 is 2.29 bits per heavy atom. The van der Waals surface area contributed by atoms with Crippen molar-refractivity contribution in [1.29, 1.82) is 0 Å². The van der Waals surface area contributed by atoms with E-state index in [0.717, 1.165) is 28.1 Å². The second kappa shape index (κ2) is 12.6. The molecular weight excluding hydrogens is 588 g/mol. The summed E-state index contributed by atoms with van der Waals surface area (Å²) in [6, 6.07) is 23.9. The lowest BCUT2D eigenvalue weighted by Crippen LogP contribution is -2.39. The van der Waals surface area contributed by atoms with Crippen molar-refractivity contribution in [2.75, 3.05) is 20.8 Å². The molecular formula is C35H30N4O5S. The third kappa shape index (κ3) is 5.75. The Kier molecular flexibility index (Phi) is 8.30. The molecule has 0 saturated heterocycles. The fourth-order valence-electron chi connectivity index (χ4n) is 5.22. The average Bonchev–Trinajstić information content (AvgIpc) is 3.63. The number of rotatable bonds is 9. The van der Waals surface area contributed by atoms with Crippen LogP contribution < -0.4 is 24.4 Å². The quantitative estimate of drug-likeness (QED) is 0.173. The first kappa shape index (κ1) is 29.6. The van der Waals surface area contributed by atoms with Crippen molar-refractivity contribution in [2.24, 2.45) is 4.99 Å². The summed E-state index contributed by atoms with van der Waals surface area (Å²) in [6.45, 7) is 5.43. The summed E-state index contributed by atoms with van der Waals surface area (Å²) >= 11 is 1.26. The van der Waals surface area contributed by atoms with Gasteiger partial charge in [-0.05, 0) is 67.1 Å². The van der Waals surface area contributed by atoms with Crippen LogP contribution in [0.1, 0.15) is 24.1 Å². The molecule has 6 rings (SSSR count). The van der Waals surface area contributed by atoms with Gasteiger partial charge in [0.1, 0.15) is 23.8 Å². The molecule has 45 heavy (non-hydrogen) atoms. The minimum absolute atomic E-state index is 0.0366. The van der Waals surface area contributed by atoms with E-state index in [1.54, 1.807) is 42.5 Å². The molecule has 10 heteroatoms. The Balaban J connectivity index is 1.53. The molecule has 0 radical (unpaired) electrons. The van der Waals surface area contributed by atoms with Crippen molar-refractivity contribution in [2.45, 2.75) is 13.0 Å². The molecule has 0 amide bonds. The first-order valence-electron chi connectivity index (χ1n) is 14.2. The summed E-state index contributed by atoms with van der Waals surface area (Å²) in [5, 5.41) is 4.90. The number of fused-ring (bicyclic) bond motifs is 1. The summed E-state index contributed by atoms with van der Waals surface area (Å²) in [7, 11) is 3.20. The minimum atomic E-state index is -0.750. The molecule has 1 aliphatic heterocycles. The van der Waals surface area contributed by atoms with Gasteiger partial charge in [-0.3, -0.25) is 9.36 Å². The number of carbonyl (C=O) groups excluding carboxylic acids is 1. The molecule has 3 aromatic carbocycles. The van der Waals surface area contributed by atoms with Crippen molar-refractivity contribution in [3.8, 4) is 28.4 Å². The molecule has 5 aromatic rings. The summed E-state index contributed by atoms with van der Waals surface area (Å²) in [5.74, 6) is 0.828. The van der Waals surface area contributed by atoms with E-state index in [9.17, 15) is 9.59 Å². The number of esters is 1. The fraction of sp³-hybridized carbons (Fsp3) is 0.143. The average molecular weight is 619 g/mol. The number of hydrogen-bond acceptors (Lipinski definition) is 8. The first-order chi connectivity index (χ1) is 21.9. The maximum atomic E-state index is 14.2. The minimum Gasteiger partial charge on any atom is -0.497 e. The van der Waals surface area contributed by atoms with E-state index >= 15 is 0 Å². The summed E-state index contributed by atoms with van der Waals surface area (Å²) < 4.78 is 19.9. The van der Waals surface area contributed by atoms with Crippen molar-refractivity contribution in [3.63, 3.8) is 0 Å². The maximum absolute atomic E-state index is 14.2. The van der Waals surface area contributed by atoms with E-state index in [2.05, 4.69) is 6.58 Å². The monoisotopic (exact) mass is 618 g/mol. The molecule has 0 saturated carbocycles. The topological polar surface area (TPSA) is 96.9 Å². The fourth-order valence-corrected chi connectivity index (χ4v) is 6.25. The molecule has 0 N–H and O–H groups in total. The molecule has 3 heterocycles. The zero-order chi connectivity index (χ0) is 31.5. The van der Waals surface area contributed by atoms with E-state index < -0.39 is 12.0 Å². The molecule has 1 aliphatic rings. The zero-order valence-electron chi connectivity index (χ0n) is 25.0. The number of nitrogens with zero attached hydrogens (tertiary/aromatic N) is 4. The third-order valence-electron chi connectivity index (χ3n) is 7.42. The number of carbonyl (C=O) groups is 1. The van der Waals surface area contributed by atoms with E-state index in [4.69, 9.17) is 24.3 Å². The lowest BCUT2D eigenvalue weighted by atomic mass is 9.96. The maximum Gasteiger partial charge on any atom is 0.338 e. The highest BCUT2D eigenvalue weighted by Crippen LogP contribution is 2.32. The SMILES string of the molecule is C=CCOC(=O)C1=C(C)N=c2s/c(=C\c3cn(-c4ccccc4)nc3-c3ccc(OC)cc3)c(=O)n2[C@H]1c1ccc(OC)cc1. The van der Waals surface area contributed by atoms with E-state index in [1.807, 2.05) is 79.0 Å². The Labute approximate surface area is 263 Å². The number of hydrogen-bond donors (Lipinski definition) is 0. The summed E-state index contributed by atoms with van der Waals surface area (Å²) in [6.07, 6.45) is 5.23. The van der Waals surface area contributed by atoms with Crippen molar-refractivity contribution >= 4 is 23.4 Å². The molecule has 0 unspecified atom stereocenters. The Morgan fingerprint density at radius 2 is 1.64 bits per heavy atom. The van der Waals surface area contributed by atoms with E-state index in [0.29, 0.717) is 26.5 Å². The number of para-hydroxylation sites is 1. The highest BCUT2D eigenvalue weighted by atomic mass is 32.1. The van der Waals surface area contributed by atoms with E-state index in [-0.39, 0.29) is 17.7 Å². The molecule has 2 aromatic heterocycles. The van der Waals surface area contributed by atoms with Gasteiger partial charge in [0.25, 0.3) is 5.56 Å². The second-order valence-electron chi connectivity index (χ2n) is 10.2. The predicted molar refractivity (Wildman–Crippen MR) is 173 cm³/mol. The first-order valence-corrected chi connectivity index (χ1v) is 15.0. The lowest BCUT2D eigenvalue weighted by Gasteiger charge is -2.24. The number of methoxy groups -OCH3 is 2. The largest absolute Gasteiger partial charge is 0.497 e. The molecule has 0 aliphatic carbocycles. The van der Waals surface area contributed by atoms with Crippen molar-refractivity contribution in [3.05, 3.63) is 140 Å². The van der Waals surface area contributed by atoms with Crippen molar-refractivity contribution in [1.82, 2.24) is 14.3 Å². The van der Waals surface area contributed by atoms with Gasteiger partial charge in [0, 0.05) is 17.3 Å². The van der Waals surface area contributed by atoms with Crippen LogP contribution in [0.4, 0.5) is 0 Å². The Morgan fingerprint density at radius 1 is 0.978 bits per heavy atom. The molecule has 9 nitrogen and oxygen atoms in total. The standard InChI is InChI=1S/C35H30N4O5S/c1-5-19-44-34(41)30-22(2)36-35-39(32(30)24-13-17-28(43-4)18-14-24)33(40)29(45-35)20-25-21-38(26-9-7-6-8-10-26)37-31(25)23-11-15-27(42-3)16-12-23/h5-18,20-21,32H,1,19H2,2-4H3/b29-20-/t32-/m0/s1. The number of thiazole rings is 1. The van der Waals surface area contributed by atoms with Gasteiger partial charge in [-0.25, -0.2) is 14.5 Å². The number of benzene rings is 3. The van der Waals surface area contributed by atoms with Crippen LogP contribution in [-0.2, 0) is 9.53 Å². The molecule has 1 atom stereocenters. The normalized spacial score (nSPS) is 14.5. The van der Waals surface area contributed by atoms with Crippen molar-refractivity contribution < 1.29 is 19.0 Å². The van der Waals surface area contributed by atoms with Crippen LogP contribution >= 0.6 is 11.3 Å².